The maximum absolute atomic E-state index is 13.1. The highest BCUT2D eigenvalue weighted by Crippen LogP contribution is 2.39. The van der Waals surface area contributed by atoms with E-state index >= 15 is 0 Å². The van der Waals surface area contributed by atoms with E-state index in [1.807, 2.05) is 0 Å². The molecular weight excluding hydrogens is 389 g/mol. The Hall–Kier alpha value is -3.82. The average molecular weight is 400 g/mol. The summed E-state index contributed by atoms with van der Waals surface area (Å²) in [5, 5.41) is 9.24. The molecule has 29 heavy (non-hydrogen) atoms. The van der Waals surface area contributed by atoms with E-state index in [2.05, 4.69) is 15.0 Å². The van der Waals surface area contributed by atoms with Crippen LogP contribution in [0.1, 0.15) is 21.5 Å². The molecule has 0 bridgehead atoms. The lowest BCUT2D eigenvalue weighted by Gasteiger charge is -2.15. The molecule has 0 saturated carbocycles. The molecule has 3 heterocycles. The number of carbonyl (C=O) groups is 2. The zero-order chi connectivity index (χ0) is 20.8. The molecule has 1 amide bonds. The molecule has 0 spiro atoms. The summed E-state index contributed by atoms with van der Waals surface area (Å²) in [4.78, 5) is 37.4. The van der Waals surface area contributed by atoms with Crippen molar-refractivity contribution in [3.05, 3.63) is 65.6 Å². The van der Waals surface area contributed by atoms with Gasteiger partial charge in [0.25, 0.3) is 0 Å². The number of halogens is 3. The third kappa shape index (κ3) is 3.18. The summed E-state index contributed by atoms with van der Waals surface area (Å²) in [6.07, 6.45) is -0.552. The van der Waals surface area contributed by atoms with E-state index in [1.165, 1.54) is 35.6 Å². The summed E-state index contributed by atoms with van der Waals surface area (Å²) in [6, 6.07) is 5.96. The molecule has 0 atom stereocenters. The van der Waals surface area contributed by atoms with E-state index in [9.17, 15) is 27.9 Å². The Morgan fingerprint density at radius 3 is 2.45 bits per heavy atom. The molecular formula is C19H11F3N4O3. The Morgan fingerprint density at radius 2 is 1.79 bits per heavy atom. The predicted molar refractivity (Wildman–Crippen MR) is 94.5 cm³/mol. The first-order chi connectivity index (χ1) is 13.8. The number of carboxylic acid groups (broad SMARTS) is 1. The smallest absolute Gasteiger partial charge is 0.417 e. The number of benzene rings is 1. The first kappa shape index (κ1) is 18.5. The van der Waals surface area contributed by atoms with Crippen LogP contribution in [0.5, 0.6) is 0 Å². The zero-order valence-electron chi connectivity index (χ0n) is 14.5. The van der Waals surface area contributed by atoms with E-state index in [-0.39, 0.29) is 29.7 Å². The van der Waals surface area contributed by atoms with Gasteiger partial charge in [-0.05, 0) is 35.4 Å². The number of alkyl halides is 3. The number of carboxylic acids is 1. The predicted octanol–water partition coefficient (Wildman–Crippen LogP) is 3.48. The lowest BCUT2D eigenvalue weighted by Crippen LogP contribution is -2.23. The van der Waals surface area contributed by atoms with Crippen molar-refractivity contribution in [2.24, 2.45) is 0 Å². The van der Waals surface area contributed by atoms with Crippen LogP contribution >= 0.6 is 0 Å². The fourth-order valence-corrected chi connectivity index (χ4v) is 3.22. The van der Waals surface area contributed by atoms with Crippen molar-refractivity contribution >= 4 is 23.6 Å². The fourth-order valence-electron chi connectivity index (χ4n) is 3.22. The van der Waals surface area contributed by atoms with Gasteiger partial charge < -0.3 is 5.11 Å². The number of amides is 1. The molecule has 3 aromatic rings. The summed E-state index contributed by atoms with van der Waals surface area (Å²) >= 11 is 0. The number of hydrogen-bond donors (Lipinski definition) is 1. The molecule has 0 saturated heterocycles. The molecule has 1 aliphatic rings. The van der Waals surface area contributed by atoms with Crippen LogP contribution in [-0.2, 0) is 17.4 Å². The molecule has 4 rings (SSSR count). The van der Waals surface area contributed by atoms with Gasteiger partial charge in [0.1, 0.15) is 5.82 Å². The highest BCUT2D eigenvalue weighted by molar-refractivity contribution is 6.07. The van der Waals surface area contributed by atoms with E-state index in [0.717, 1.165) is 12.1 Å². The topological polar surface area (TPSA) is 96.3 Å². The minimum absolute atomic E-state index is 0.0693. The van der Waals surface area contributed by atoms with Gasteiger partial charge in [0.15, 0.2) is 0 Å². The molecule has 0 aliphatic carbocycles. The monoisotopic (exact) mass is 400 g/mol. The second-order valence-corrected chi connectivity index (χ2v) is 6.18. The summed E-state index contributed by atoms with van der Waals surface area (Å²) < 4.78 is 39.3. The highest BCUT2D eigenvalue weighted by atomic mass is 19.4. The number of hydrogen-bond acceptors (Lipinski definition) is 5. The number of carbonyl (C=O) groups excluding carboxylic acids is 1. The van der Waals surface area contributed by atoms with Crippen LogP contribution < -0.4 is 4.90 Å². The highest BCUT2D eigenvalue weighted by Gasteiger charge is 2.37. The third-order valence-corrected chi connectivity index (χ3v) is 4.44. The summed E-state index contributed by atoms with van der Waals surface area (Å²) in [6.45, 7) is 0. The number of nitrogens with zero attached hydrogens (tertiary/aromatic N) is 4. The molecule has 7 nitrogen and oxygen atoms in total. The summed E-state index contributed by atoms with van der Waals surface area (Å²) in [5.41, 5.74) is -1.00. The van der Waals surface area contributed by atoms with Crippen LogP contribution in [-0.4, -0.2) is 31.9 Å². The number of pyridine rings is 1. The number of aromatic nitrogens is 3. The maximum atomic E-state index is 13.1. The minimum Gasteiger partial charge on any atom is -0.478 e. The van der Waals surface area contributed by atoms with E-state index in [1.54, 1.807) is 6.07 Å². The third-order valence-electron chi connectivity index (χ3n) is 4.44. The van der Waals surface area contributed by atoms with Crippen molar-refractivity contribution in [3.8, 4) is 11.1 Å². The van der Waals surface area contributed by atoms with Gasteiger partial charge in [0, 0.05) is 24.2 Å². The van der Waals surface area contributed by atoms with Gasteiger partial charge in [-0.15, -0.1) is 0 Å². The number of anilines is 2. The van der Waals surface area contributed by atoms with Gasteiger partial charge in [0.05, 0.1) is 17.5 Å². The number of rotatable bonds is 3. The number of aromatic carboxylic acids is 1. The normalized spacial score (nSPS) is 13.5. The van der Waals surface area contributed by atoms with Gasteiger partial charge in [0.2, 0.25) is 11.9 Å². The minimum atomic E-state index is -4.80. The molecule has 0 radical (unpaired) electrons. The van der Waals surface area contributed by atoms with Gasteiger partial charge in [-0.25, -0.2) is 24.6 Å². The fraction of sp³-hybridized carbons (Fsp3) is 0.105. The largest absolute Gasteiger partial charge is 0.478 e. The first-order valence-electron chi connectivity index (χ1n) is 8.30. The second-order valence-electron chi connectivity index (χ2n) is 6.18. The molecule has 2 aromatic heterocycles. The van der Waals surface area contributed by atoms with Crippen molar-refractivity contribution < 1.29 is 27.9 Å². The van der Waals surface area contributed by atoms with Crippen molar-refractivity contribution in [3.63, 3.8) is 0 Å². The van der Waals surface area contributed by atoms with E-state index < -0.39 is 23.3 Å². The summed E-state index contributed by atoms with van der Waals surface area (Å²) in [7, 11) is 0. The zero-order valence-corrected chi connectivity index (χ0v) is 14.5. The van der Waals surface area contributed by atoms with Crippen LogP contribution in [0.15, 0.2) is 48.9 Å². The van der Waals surface area contributed by atoms with Crippen LogP contribution in [0.4, 0.5) is 24.9 Å². The Morgan fingerprint density at radius 1 is 1.07 bits per heavy atom. The van der Waals surface area contributed by atoms with Crippen LogP contribution in [0.3, 0.4) is 0 Å². The van der Waals surface area contributed by atoms with Crippen LogP contribution in [0.25, 0.3) is 11.1 Å². The lowest BCUT2D eigenvalue weighted by atomic mass is 9.95. The van der Waals surface area contributed by atoms with Crippen LogP contribution in [0.2, 0.25) is 0 Å². The molecule has 1 aromatic carbocycles. The molecule has 10 heteroatoms. The van der Waals surface area contributed by atoms with Crippen molar-refractivity contribution in [1.29, 1.82) is 0 Å². The standard InChI is InChI=1S/C19H11F3N4O3/c20-19(21,22)14-3-2-10(8-13(14)17(28)29)11-4-7-23-16-12(11)9-15(27)26(16)18-24-5-1-6-25-18/h1-8H,9H2,(H,28,29). The lowest BCUT2D eigenvalue weighted by molar-refractivity contribution is -0.138. The first-order valence-corrected chi connectivity index (χ1v) is 8.30. The van der Waals surface area contributed by atoms with Gasteiger partial charge in [-0.2, -0.15) is 13.2 Å². The Labute approximate surface area is 161 Å². The average Bonchev–Trinajstić information content (AvgIpc) is 3.03. The van der Waals surface area contributed by atoms with Crippen molar-refractivity contribution in [1.82, 2.24) is 15.0 Å². The quantitative estimate of drug-likeness (QED) is 0.723. The molecule has 146 valence electrons. The van der Waals surface area contributed by atoms with E-state index in [0.29, 0.717) is 11.1 Å². The summed E-state index contributed by atoms with van der Waals surface area (Å²) in [5.74, 6) is -1.66. The SMILES string of the molecule is O=C(O)c1cc(-c2ccnc3c2CC(=O)N3c2ncccn2)ccc1C(F)(F)F. The molecule has 1 aliphatic heterocycles. The van der Waals surface area contributed by atoms with Gasteiger partial charge in [-0.3, -0.25) is 4.79 Å². The molecule has 1 N–H and O–H groups in total. The maximum Gasteiger partial charge on any atom is 0.417 e. The second kappa shape index (κ2) is 6.66. The molecule has 0 fully saturated rings. The number of fused-ring (bicyclic) bond motifs is 1. The Balaban J connectivity index is 1.85. The van der Waals surface area contributed by atoms with Crippen molar-refractivity contribution in [2.75, 3.05) is 4.90 Å². The van der Waals surface area contributed by atoms with E-state index in [4.69, 9.17) is 0 Å². The molecule has 0 unspecified atom stereocenters. The van der Waals surface area contributed by atoms with Crippen LogP contribution in [0, 0.1) is 0 Å². The van der Waals surface area contributed by atoms with Gasteiger partial charge in [-0.1, -0.05) is 6.07 Å². The van der Waals surface area contributed by atoms with Crippen molar-refractivity contribution in [2.45, 2.75) is 12.6 Å². The Bertz CT molecular complexity index is 1130. The van der Waals surface area contributed by atoms with Gasteiger partial charge >= 0.3 is 12.1 Å². The Kier molecular flexibility index (Phi) is 4.26.